The molecule has 1 saturated heterocycles. The van der Waals surface area contributed by atoms with Crippen LogP contribution in [0.5, 0.6) is 0 Å². The number of carbonyl (C=O) groups is 2. The summed E-state index contributed by atoms with van der Waals surface area (Å²) in [6.45, 7) is 1.27. The minimum absolute atomic E-state index is 0.0324. The predicted octanol–water partition coefficient (Wildman–Crippen LogP) is 0.243. The minimum Gasteiger partial charge on any atom is -0.359 e. The van der Waals surface area contributed by atoms with Crippen molar-refractivity contribution >= 4 is 11.8 Å². The number of nitrogens with zero attached hydrogens (tertiary/aromatic N) is 1. The quantitative estimate of drug-likeness (QED) is 0.740. The van der Waals surface area contributed by atoms with E-state index in [4.69, 9.17) is 5.73 Å². The zero-order chi connectivity index (χ0) is 13.2. The Balaban J connectivity index is 2.00. The minimum atomic E-state index is -0.662. The van der Waals surface area contributed by atoms with Crippen LogP contribution < -0.4 is 11.1 Å². The first-order chi connectivity index (χ1) is 8.57. The summed E-state index contributed by atoms with van der Waals surface area (Å²) >= 11 is 0. The van der Waals surface area contributed by atoms with E-state index >= 15 is 0 Å². The summed E-state index contributed by atoms with van der Waals surface area (Å²) in [4.78, 5) is 25.9. The number of nitrogens with one attached hydrogen (secondary N) is 1. The second kappa shape index (κ2) is 5.26. The van der Waals surface area contributed by atoms with E-state index < -0.39 is 5.54 Å². The molecule has 5 heteroatoms. The molecule has 2 fully saturated rings. The zero-order valence-electron chi connectivity index (χ0n) is 11.1. The highest BCUT2D eigenvalue weighted by Crippen LogP contribution is 2.30. The molecule has 0 unspecified atom stereocenters. The Morgan fingerprint density at radius 1 is 1.28 bits per heavy atom. The maximum Gasteiger partial charge on any atom is 0.242 e. The molecule has 0 radical (unpaired) electrons. The molecule has 1 saturated carbocycles. The Hall–Kier alpha value is -1.10. The molecule has 0 aromatic rings. The third kappa shape index (κ3) is 2.51. The number of amides is 2. The van der Waals surface area contributed by atoms with Gasteiger partial charge in [-0.3, -0.25) is 9.59 Å². The van der Waals surface area contributed by atoms with Crippen molar-refractivity contribution in [2.45, 2.75) is 44.1 Å². The Kier molecular flexibility index (Phi) is 3.90. The van der Waals surface area contributed by atoms with Crippen LogP contribution in [0, 0.1) is 5.92 Å². The predicted molar refractivity (Wildman–Crippen MR) is 68.8 cm³/mol. The maximum absolute atomic E-state index is 12.4. The third-order valence-corrected chi connectivity index (χ3v) is 4.25. The van der Waals surface area contributed by atoms with Gasteiger partial charge >= 0.3 is 0 Å². The summed E-state index contributed by atoms with van der Waals surface area (Å²) in [5.74, 6) is 0.0105. The van der Waals surface area contributed by atoms with Gasteiger partial charge in [-0.25, -0.2) is 0 Å². The van der Waals surface area contributed by atoms with Crippen LogP contribution in [0.3, 0.4) is 0 Å². The van der Waals surface area contributed by atoms with Gasteiger partial charge in [-0.1, -0.05) is 12.8 Å². The Morgan fingerprint density at radius 3 is 2.56 bits per heavy atom. The van der Waals surface area contributed by atoms with E-state index in [-0.39, 0.29) is 17.7 Å². The molecule has 1 aliphatic carbocycles. The number of carbonyl (C=O) groups excluding carboxylic acids is 2. The fourth-order valence-corrected chi connectivity index (χ4v) is 3.11. The average Bonchev–Trinajstić information content (AvgIpc) is 2.85. The normalized spacial score (nSPS) is 27.0. The smallest absolute Gasteiger partial charge is 0.242 e. The molecule has 1 atom stereocenters. The highest BCUT2D eigenvalue weighted by molar-refractivity contribution is 5.87. The van der Waals surface area contributed by atoms with Crippen LogP contribution in [0.4, 0.5) is 0 Å². The first-order valence-electron chi connectivity index (χ1n) is 6.87. The van der Waals surface area contributed by atoms with E-state index in [1.807, 2.05) is 0 Å². The number of hydrogen-bond acceptors (Lipinski definition) is 3. The van der Waals surface area contributed by atoms with Crippen molar-refractivity contribution < 1.29 is 9.59 Å². The first kappa shape index (κ1) is 13.3. The first-order valence-corrected chi connectivity index (χ1v) is 6.87. The summed E-state index contributed by atoms with van der Waals surface area (Å²) in [5.41, 5.74) is 5.53. The van der Waals surface area contributed by atoms with Crippen molar-refractivity contribution in [3.8, 4) is 0 Å². The number of nitrogens with two attached hydrogens (primary N) is 1. The second-order valence-corrected chi connectivity index (χ2v) is 5.57. The van der Waals surface area contributed by atoms with E-state index in [0.717, 1.165) is 45.1 Å². The maximum atomic E-state index is 12.4. The van der Waals surface area contributed by atoms with Crippen molar-refractivity contribution in [2.75, 3.05) is 20.1 Å². The molecule has 102 valence electrons. The number of piperidine rings is 1. The summed E-state index contributed by atoms with van der Waals surface area (Å²) in [6.07, 6.45) is 5.39. The summed E-state index contributed by atoms with van der Waals surface area (Å²) in [6, 6.07) is 0. The van der Waals surface area contributed by atoms with Gasteiger partial charge in [0.15, 0.2) is 0 Å². The van der Waals surface area contributed by atoms with Crippen LogP contribution in [0.15, 0.2) is 0 Å². The SMILES string of the molecule is CNC(=O)[C@@H]1CCCN(C(=O)C2(N)CCCC2)C1. The van der Waals surface area contributed by atoms with Crippen molar-refractivity contribution in [2.24, 2.45) is 11.7 Å². The topological polar surface area (TPSA) is 75.4 Å². The molecule has 2 amide bonds. The van der Waals surface area contributed by atoms with Gasteiger partial charge in [0, 0.05) is 20.1 Å². The van der Waals surface area contributed by atoms with Gasteiger partial charge in [-0.15, -0.1) is 0 Å². The summed E-state index contributed by atoms with van der Waals surface area (Å²) in [7, 11) is 1.64. The van der Waals surface area contributed by atoms with Crippen LogP contribution >= 0.6 is 0 Å². The van der Waals surface area contributed by atoms with E-state index in [1.165, 1.54) is 0 Å². The highest BCUT2D eigenvalue weighted by atomic mass is 16.2. The van der Waals surface area contributed by atoms with Gasteiger partial charge in [-0.2, -0.15) is 0 Å². The molecular weight excluding hydrogens is 230 g/mol. The average molecular weight is 253 g/mol. The van der Waals surface area contributed by atoms with Crippen molar-refractivity contribution in [3.63, 3.8) is 0 Å². The largest absolute Gasteiger partial charge is 0.359 e. The molecule has 1 aliphatic heterocycles. The lowest BCUT2D eigenvalue weighted by molar-refractivity contribution is -0.140. The lowest BCUT2D eigenvalue weighted by Crippen LogP contribution is -2.56. The molecule has 1 heterocycles. The van der Waals surface area contributed by atoms with Gasteiger partial charge in [0.1, 0.15) is 0 Å². The molecule has 0 spiro atoms. The van der Waals surface area contributed by atoms with E-state index in [0.29, 0.717) is 6.54 Å². The Labute approximate surface area is 108 Å². The molecule has 0 aromatic heterocycles. The van der Waals surface area contributed by atoms with E-state index in [9.17, 15) is 9.59 Å². The van der Waals surface area contributed by atoms with Gasteiger partial charge in [0.05, 0.1) is 11.5 Å². The van der Waals surface area contributed by atoms with Crippen molar-refractivity contribution in [1.82, 2.24) is 10.2 Å². The van der Waals surface area contributed by atoms with Crippen LogP contribution in [-0.4, -0.2) is 42.4 Å². The number of rotatable bonds is 2. The van der Waals surface area contributed by atoms with Gasteiger partial charge < -0.3 is 16.0 Å². The van der Waals surface area contributed by atoms with Gasteiger partial charge in [0.25, 0.3) is 0 Å². The van der Waals surface area contributed by atoms with Gasteiger partial charge in [-0.05, 0) is 25.7 Å². The lowest BCUT2D eigenvalue weighted by atomic mass is 9.92. The van der Waals surface area contributed by atoms with Crippen molar-refractivity contribution in [1.29, 1.82) is 0 Å². The monoisotopic (exact) mass is 253 g/mol. The molecule has 3 N–H and O–H groups in total. The molecule has 0 bridgehead atoms. The molecule has 5 nitrogen and oxygen atoms in total. The van der Waals surface area contributed by atoms with Crippen molar-refractivity contribution in [3.05, 3.63) is 0 Å². The molecule has 0 aromatic carbocycles. The van der Waals surface area contributed by atoms with Gasteiger partial charge in [0.2, 0.25) is 11.8 Å². The molecular formula is C13H23N3O2. The van der Waals surface area contributed by atoms with Crippen LogP contribution in [0.25, 0.3) is 0 Å². The Morgan fingerprint density at radius 2 is 1.94 bits per heavy atom. The fourth-order valence-electron chi connectivity index (χ4n) is 3.11. The van der Waals surface area contributed by atoms with Crippen LogP contribution in [0.2, 0.25) is 0 Å². The lowest BCUT2D eigenvalue weighted by Gasteiger charge is -2.36. The Bertz CT molecular complexity index is 337. The second-order valence-electron chi connectivity index (χ2n) is 5.57. The number of hydrogen-bond donors (Lipinski definition) is 2. The standard InChI is InChI=1S/C13H23N3O2/c1-15-11(17)10-5-4-8-16(9-10)12(18)13(14)6-2-3-7-13/h10H,2-9,14H2,1H3,(H,15,17)/t10-/m1/s1. The number of likely N-dealkylation sites (tertiary alicyclic amines) is 1. The molecule has 18 heavy (non-hydrogen) atoms. The highest BCUT2D eigenvalue weighted by Gasteiger charge is 2.41. The summed E-state index contributed by atoms with van der Waals surface area (Å²) in [5, 5.41) is 2.67. The van der Waals surface area contributed by atoms with Crippen LogP contribution in [0.1, 0.15) is 38.5 Å². The third-order valence-electron chi connectivity index (χ3n) is 4.25. The molecule has 2 rings (SSSR count). The van der Waals surface area contributed by atoms with Crippen LogP contribution in [-0.2, 0) is 9.59 Å². The zero-order valence-corrected chi connectivity index (χ0v) is 11.1. The molecule has 2 aliphatic rings. The van der Waals surface area contributed by atoms with E-state index in [1.54, 1.807) is 11.9 Å². The fraction of sp³-hybridized carbons (Fsp3) is 0.846. The van der Waals surface area contributed by atoms with E-state index in [2.05, 4.69) is 5.32 Å². The summed E-state index contributed by atoms with van der Waals surface area (Å²) < 4.78 is 0.